The summed E-state index contributed by atoms with van der Waals surface area (Å²) in [6, 6.07) is 6.76. The van der Waals surface area contributed by atoms with Gasteiger partial charge in [0.05, 0.1) is 6.04 Å². The topological polar surface area (TPSA) is 38.0 Å². The van der Waals surface area contributed by atoms with Crippen LogP contribution in [0.25, 0.3) is 0 Å². The number of hydrazine groups is 1. The number of rotatable bonds is 3. The summed E-state index contributed by atoms with van der Waals surface area (Å²) in [7, 11) is 0. The third-order valence-electron chi connectivity index (χ3n) is 3.25. The van der Waals surface area contributed by atoms with Gasteiger partial charge in [0.15, 0.2) is 0 Å². The van der Waals surface area contributed by atoms with Gasteiger partial charge in [0.2, 0.25) is 0 Å². The summed E-state index contributed by atoms with van der Waals surface area (Å²) in [5.74, 6) is 4.28. The summed E-state index contributed by atoms with van der Waals surface area (Å²) in [6.07, 6.45) is 0. The van der Waals surface area contributed by atoms with Crippen LogP contribution in [-0.4, -0.2) is 0 Å². The molecule has 0 saturated carbocycles. The maximum Gasteiger partial charge on any atom is 0.131 e. The third kappa shape index (κ3) is 2.75. The van der Waals surface area contributed by atoms with Crippen LogP contribution in [0.2, 0.25) is 0 Å². The Bertz CT molecular complexity index is 601. The zero-order valence-corrected chi connectivity index (χ0v) is 12.8. The lowest BCUT2D eigenvalue weighted by Gasteiger charge is -2.20. The molecule has 0 bridgehead atoms. The van der Waals surface area contributed by atoms with Gasteiger partial charge in [0.25, 0.3) is 0 Å². The van der Waals surface area contributed by atoms with Crippen molar-refractivity contribution >= 4 is 15.9 Å². The highest BCUT2D eigenvalue weighted by atomic mass is 79.9. The molecule has 0 radical (unpaired) electrons. The van der Waals surface area contributed by atoms with E-state index in [1.807, 2.05) is 26.0 Å². The Morgan fingerprint density at radius 3 is 2.05 bits per heavy atom. The predicted octanol–water partition coefficient (Wildman–Crippen LogP) is 3.90. The Hall–Kier alpha value is -1.30. The van der Waals surface area contributed by atoms with Gasteiger partial charge in [-0.2, -0.15) is 0 Å². The molecule has 1 atom stereocenters. The molecule has 2 rings (SSSR count). The molecule has 1 unspecified atom stereocenters. The molecule has 0 aliphatic heterocycles. The molecule has 0 aliphatic carbocycles. The van der Waals surface area contributed by atoms with Gasteiger partial charge in [0.1, 0.15) is 11.6 Å². The summed E-state index contributed by atoms with van der Waals surface area (Å²) in [5.41, 5.74) is 5.11. The molecule has 2 aromatic carbocycles. The van der Waals surface area contributed by atoms with Gasteiger partial charge in [-0.1, -0.05) is 34.1 Å². The molecular formula is C15H15BrF2N2. The van der Waals surface area contributed by atoms with Crippen LogP contribution in [0.5, 0.6) is 0 Å². The third-order valence-corrected chi connectivity index (χ3v) is 4.50. The lowest BCUT2D eigenvalue weighted by Crippen LogP contribution is -2.30. The van der Waals surface area contributed by atoms with Crippen molar-refractivity contribution < 1.29 is 8.78 Å². The highest BCUT2D eigenvalue weighted by Crippen LogP contribution is 2.30. The van der Waals surface area contributed by atoms with Crippen LogP contribution >= 0.6 is 15.9 Å². The minimum atomic E-state index is -0.735. The smallest absolute Gasteiger partial charge is 0.131 e. The molecule has 5 heteroatoms. The van der Waals surface area contributed by atoms with Gasteiger partial charge in [0, 0.05) is 10.0 Å². The minimum absolute atomic E-state index is 0.0730. The number of aryl methyl sites for hydroxylation is 2. The zero-order chi connectivity index (χ0) is 14.9. The van der Waals surface area contributed by atoms with Crippen LogP contribution < -0.4 is 11.3 Å². The molecule has 0 spiro atoms. The molecule has 2 aromatic rings. The molecule has 0 aliphatic rings. The second kappa shape index (κ2) is 5.99. The normalized spacial score (nSPS) is 12.5. The Morgan fingerprint density at radius 1 is 1.10 bits per heavy atom. The van der Waals surface area contributed by atoms with E-state index in [2.05, 4.69) is 21.4 Å². The molecule has 20 heavy (non-hydrogen) atoms. The van der Waals surface area contributed by atoms with Gasteiger partial charge < -0.3 is 0 Å². The van der Waals surface area contributed by atoms with Crippen molar-refractivity contribution in [3.63, 3.8) is 0 Å². The lowest BCUT2D eigenvalue weighted by molar-refractivity contribution is 0.510. The van der Waals surface area contributed by atoms with E-state index in [-0.39, 0.29) is 5.56 Å². The number of benzene rings is 2. The SMILES string of the molecule is Cc1cc(C(NN)c2c(F)cccc2F)cc(C)c1Br. The first-order valence-electron chi connectivity index (χ1n) is 6.12. The maximum atomic E-state index is 13.9. The number of nitrogens with one attached hydrogen (secondary N) is 1. The van der Waals surface area contributed by atoms with E-state index >= 15 is 0 Å². The van der Waals surface area contributed by atoms with Crippen molar-refractivity contribution in [3.8, 4) is 0 Å². The highest BCUT2D eigenvalue weighted by molar-refractivity contribution is 9.10. The predicted molar refractivity (Wildman–Crippen MR) is 79.1 cm³/mol. The van der Waals surface area contributed by atoms with E-state index < -0.39 is 17.7 Å². The number of hydrogen-bond acceptors (Lipinski definition) is 2. The van der Waals surface area contributed by atoms with Crippen molar-refractivity contribution in [2.75, 3.05) is 0 Å². The number of halogens is 3. The fraction of sp³-hybridized carbons (Fsp3) is 0.200. The average molecular weight is 341 g/mol. The van der Waals surface area contributed by atoms with E-state index in [4.69, 9.17) is 5.84 Å². The quantitative estimate of drug-likeness (QED) is 0.656. The summed E-state index contributed by atoms with van der Waals surface area (Å²) in [5, 5.41) is 0. The Labute approximate surface area is 125 Å². The summed E-state index contributed by atoms with van der Waals surface area (Å²) >= 11 is 3.47. The van der Waals surface area contributed by atoms with Gasteiger partial charge in [-0.25, -0.2) is 14.2 Å². The fourth-order valence-electron chi connectivity index (χ4n) is 2.28. The Balaban J connectivity index is 2.59. The monoisotopic (exact) mass is 340 g/mol. The molecule has 0 saturated heterocycles. The van der Waals surface area contributed by atoms with Gasteiger partial charge in [-0.05, 0) is 42.7 Å². The largest absolute Gasteiger partial charge is 0.271 e. The van der Waals surface area contributed by atoms with E-state index in [0.29, 0.717) is 0 Å². The van der Waals surface area contributed by atoms with Gasteiger partial charge in [-0.3, -0.25) is 5.84 Å². The van der Waals surface area contributed by atoms with Crippen LogP contribution in [0.4, 0.5) is 8.78 Å². The van der Waals surface area contributed by atoms with Crippen molar-refractivity contribution in [3.05, 3.63) is 68.7 Å². The number of nitrogens with two attached hydrogens (primary N) is 1. The van der Waals surface area contributed by atoms with E-state index in [1.165, 1.54) is 18.2 Å². The average Bonchev–Trinajstić information content (AvgIpc) is 2.40. The van der Waals surface area contributed by atoms with Crippen molar-refractivity contribution in [1.29, 1.82) is 0 Å². The van der Waals surface area contributed by atoms with Crippen LogP contribution in [0.3, 0.4) is 0 Å². The van der Waals surface area contributed by atoms with Crippen LogP contribution in [0.1, 0.15) is 28.3 Å². The second-order valence-corrected chi connectivity index (χ2v) is 5.50. The summed E-state index contributed by atoms with van der Waals surface area (Å²) in [4.78, 5) is 0. The van der Waals surface area contributed by atoms with Crippen LogP contribution in [-0.2, 0) is 0 Å². The number of hydrogen-bond donors (Lipinski definition) is 2. The van der Waals surface area contributed by atoms with E-state index in [1.54, 1.807) is 0 Å². The van der Waals surface area contributed by atoms with Crippen LogP contribution in [0.15, 0.2) is 34.8 Å². The fourth-order valence-corrected chi connectivity index (χ4v) is 2.51. The van der Waals surface area contributed by atoms with Crippen molar-refractivity contribution in [2.45, 2.75) is 19.9 Å². The van der Waals surface area contributed by atoms with Crippen LogP contribution in [0, 0.1) is 25.5 Å². The molecule has 0 aromatic heterocycles. The Kier molecular flexibility index (Phi) is 4.52. The van der Waals surface area contributed by atoms with E-state index in [9.17, 15) is 8.78 Å². The van der Waals surface area contributed by atoms with Crippen molar-refractivity contribution in [2.24, 2.45) is 5.84 Å². The summed E-state index contributed by atoms with van der Waals surface area (Å²) in [6.45, 7) is 3.84. The highest BCUT2D eigenvalue weighted by Gasteiger charge is 2.21. The first kappa shape index (κ1) is 15.1. The first-order chi connectivity index (χ1) is 9.45. The molecule has 3 N–H and O–H groups in total. The molecule has 0 fully saturated rings. The first-order valence-corrected chi connectivity index (χ1v) is 6.91. The lowest BCUT2D eigenvalue weighted by atomic mass is 9.95. The Morgan fingerprint density at radius 2 is 1.60 bits per heavy atom. The summed E-state index contributed by atoms with van der Waals surface area (Å²) < 4.78 is 28.8. The second-order valence-electron chi connectivity index (χ2n) is 4.70. The van der Waals surface area contributed by atoms with E-state index in [0.717, 1.165) is 21.2 Å². The molecule has 0 heterocycles. The molecule has 0 amide bonds. The standard InChI is InChI=1S/C15H15BrF2N2/c1-8-6-10(7-9(2)14(8)16)15(20-19)13-11(17)4-3-5-12(13)18/h3-7,15,20H,19H2,1-2H3. The zero-order valence-electron chi connectivity index (χ0n) is 11.2. The van der Waals surface area contributed by atoms with Gasteiger partial charge >= 0.3 is 0 Å². The molecule has 2 nitrogen and oxygen atoms in total. The molecule has 106 valence electrons. The van der Waals surface area contributed by atoms with Gasteiger partial charge in [-0.15, -0.1) is 0 Å². The minimum Gasteiger partial charge on any atom is -0.271 e. The molecular weight excluding hydrogens is 326 g/mol. The maximum absolute atomic E-state index is 13.9. The van der Waals surface area contributed by atoms with Crippen molar-refractivity contribution in [1.82, 2.24) is 5.43 Å².